The van der Waals surface area contributed by atoms with E-state index in [9.17, 15) is 22.4 Å². The zero-order valence-corrected chi connectivity index (χ0v) is 25.3. The number of amides is 1. The maximum Gasteiger partial charge on any atom is 0.320 e. The molecule has 228 valence electrons. The highest BCUT2D eigenvalue weighted by Gasteiger charge is 2.28. The average molecular weight is 616 g/mol. The summed E-state index contributed by atoms with van der Waals surface area (Å²) in [6.45, 7) is 4.40. The molecule has 1 fully saturated rings. The Morgan fingerprint density at radius 1 is 1.05 bits per heavy atom. The molecule has 0 bridgehead atoms. The van der Waals surface area contributed by atoms with Crippen LogP contribution >= 0.6 is 0 Å². The molecule has 1 aliphatic carbocycles. The van der Waals surface area contributed by atoms with Crippen LogP contribution in [0, 0.1) is 17.8 Å². The van der Waals surface area contributed by atoms with Gasteiger partial charge in [-0.15, -0.1) is 0 Å². The van der Waals surface area contributed by atoms with Crippen LogP contribution < -0.4 is 4.72 Å². The quantitative estimate of drug-likeness (QED) is 0.136. The predicted molar refractivity (Wildman–Crippen MR) is 169 cm³/mol. The topological polar surface area (TPSA) is 129 Å². The molecule has 1 aliphatic rings. The van der Waals surface area contributed by atoms with E-state index >= 15 is 0 Å². The molecule has 1 amide bonds. The molecule has 0 aliphatic heterocycles. The van der Waals surface area contributed by atoms with Gasteiger partial charge in [-0.3, -0.25) is 14.7 Å². The first-order chi connectivity index (χ1) is 21.0. The lowest BCUT2D eigenvalue weighted by atomic mass is 9.72. The van der Waals surface area contributed by atoms with Gasteiger partial charge < -0.3 is 5.11 Å². The number of aromatic nitrogens is 2. The second kappa shape index (κ2) is 13.0. The summed E-state index contributed by atoms with van der Waals surface area (Å²) in [5.41, 5.74) is 7.55. The van der Waals surface area contributed by atoms with Crippen molar-refractivity contribution >= 4 is 50.0 Å². The molecule has 0 saturated heterocycles. The lowest BCUT2D eigenvalue weighted by Crippen LogP contribution is -2.33. The molecule has 1 aromatic heterocycles. The van der Waals surface area contributed by atoms with Crippen molar-refractivity contribution in [2.24, 2.45) is 11.8 Å². The summed E-state index contributed by atoms with van der Waals surface area (Å²) in [4.78, 5) is 22.8. The zero-order valence-electron chi connectivity index (χ0n) is 24.5. The van der Waals surface area contributed by atoms with Crippen LogP contribution in [-0.2, 0) is 26.0 Å². The normalized spacial score (nSPS) is 14.5. The van der Waals surface area contributed by atoms with Crippen LogP contribution in [0.25, 0.3) is 28.1 Å². The number of rotatable bonds is 11. The number of nitrogens with one attached hydrogen (secondary N) is 2. The number of aromatic amines is 1. The van der Waals surface area contributed by atoms with Gasteiger partial charge in [0.25, 0.3) is 5.91 Å². The van der Waals surface area contributed by atoms with Crippen molar-refractivity contribution in [1.82, 2.24) is 14.9 Å². The summed E-state index contributed by atoms with van der Waals surface area (Å²) in [5, 5.41) is 15.6. The number of carboxylic acids is 1. The average Bonchev–Trinajstić information content (AvgIpc) is 3.30. The minimum absolute atomic E-state index is 0.334. The van der Waals surface area contributed by atoms with Crippen LogP contribution in [0.3, 0.4) is 0 Å². The van der Waals surface area contributed by atoms with Crippen molar-refractivity contribution in [3.63, 3.8) is 0 Å². The fraction of sp³-hybridized carbons (Fsp3) is 0.265. The Morgan fingerprint density at radius 3 is 2.43 bits per heavy atom. The number of carboxylic acid groups (broad SMARTS) is 1. The second-order valence-electron chi connectivity index (χ2n) is 11.6. The van der Waals surface area contributed by atoms with Gasteiger partial charge in [-0.05, 0) is 88.3 Å². The van der Waals surface area contributed by atoms with Gasteiger partial charge in [-0.25, -0.2) is 13.1 Å². The van der Waals surface area contributed by atoms with Crippen LogP contribution in [-0.4, -0.2) is 41.4 Å². The van der Waals surface area contributed by atoms with Crippen molar-refractivity contribution in [3.05, 3.63) is 107 Å². The third-order valence-corrected chi connectivity index (χ3v) is 8.80. The van der Waals surface area contributed by atoms with Crippen LogP contribution in [0.1, 0.15) is 60.9 Å². The first kappa shape index (κ1) is 30.9. The number of sulfonamides is 1. The van der Waals surface area contributed by atoms with Crippen LogP contribution in [0.4, 0.5) is 4.39 Å². The highest BCUT2D eigenvalue weighted by molar-refractivity contribution is 7.90. The van der Waals surface area contributed by atoms with Gasteiger partial charge in [0.2, 0.25) is 16.0 Å². The molecule has 10 heteroatoms. The first-order valence-corrected chi connectivity index (χ1v) is 16.2. The molecule has 1 heterocycles. The number of H-pyrrole nitrogens is 1. The van der Waals surface area contributed by atoms with Crippen LogP contribution in [0.2, 0.25) is 0 Å². The van der Waals surface area contributed by atoms with E-state index in [1.807, 2.05) is 42.5 Å². The Balaban J connectivity index is 1.58. The molecule has 0 spiro atoms. The van der Waals surface area contributed by atoms with Gasteiger partial charge in [0.05, 0.1) is 10.9 Å². The molecule has 0 radical (unpaired) electrons. The molecule has 8 nitrogen and oxygen atoms in total. The van der Waals surface area contributed by atoms with E-state index in [1.165, 1.54) is 17.2 Å². The maximum absolute atomic E-state index is 14.7. The molecule has 5 rings (SSSR count). The summed E-state index contributed by atoms with van der Waals surface area (Å²) in [6, 6.07) is 21.7. The predicted octanol–water partition coefficient (Wildman–Crippen LogP) is 6.20. The number of carbonyl (C=O) groups is 2. The third-order valence-electron chi connectivity index (χ3n) is 7.66. The van der Waals surface area contributed by atoms with Gasteiger partial charge in [0.15, 0.2) is 5.75 Å². The Hall–Kier alpha value is -4.57. The number of allylic oxidation sites excluding steroid dienone is 1. The SMILES string of the molecule is CC(C)Cc1cccc(/C(=C(\c2ccc(/C=C/C(=O)NS(=O)(=O)CC(=O)O)cc2)c2ccc3n[nH]c(F)c3c2)C2CCC2)c1. The lowest BCUT2D eigenvalue weighted by molar-refractivity contribution is -0.134. The van der Waals surface area contributed by atoms with Crippen molar-refractivity contribution < 1.29 is 27.5 Å². The molecular weight excluding hydrogens is 581 g/mol. The van der Waals surface area contributed by atoms with Gasteiger partial charge in [0.1, 0.15) is 0 Å². The maximum atomic E-state index is 14.7. The molecular formula is C34H34FN3O5S. The van der Waals surface area contributed by atoms with E-state index in [2.05, 4.69) is 48.3 Å². The summed E-state index contributed by atoms with van der Waals surface area (Å²) in [6.07, 6.45) is 6.69. The highest BCUT2D eigenvalue weighted by Crippen LogP contribution is 2.45. The van der Waals surface area contributed by atoms with E-state index in [0.29, 0.717) is 28.3 Å². The Kier molecular flexibility index (Phi) is 9.10. The molecule has 0 atom stereocenters. The number of fused-ring (bicyclic) bond motifs is 1. The van der Waals surface area contributed by atoms with Crippen molar-refractivity contribution in [3.8, 4) is 0 Å². The number of aliphatic carboxylic acids is 1. The summed E-state index contributed by atoms with van der Waals surface area (Å²) in [7, 11) is -4.29. The Bertz CT molecular complexity index is 1870. The number of benzene rings is 3. The van der Waals surface area contributed by atoms with E-state index < -0.39 is 33.6 Å². The molecule has 3 N–H and O–H groups in total. The van der Waals surface area contributed by atoms with Crippen LogP contribution in [0.5, 0.6) is 0 Å². The Morgan fingerprint density at radius 2 is 1.77 bits per heavy atom. The standard InChI is InChI=1S/C34H34FN3O5S/c1-21(2)17-23-5-3-8-26(18-23)32(24-6-4-7-24)33(27-14-15-29-28(19-27)34(35)37-36-29)25-12-9-22(10-13-25)11-16-30(39)38-44(42,43)20-31(40)41/h3,5,8-16,18-19,21,24H,4,6-7,17,20H2,1-2H3,(H,36,37)(H,38,39)(H,40,41)/b16-11+,33-32+. The molecule has 1 saturated carbocycles. The van der Waals surface area contributed by atoms with E-state index in [1.54, 1.807) is 4.72 Å². The molecule has 3 aromatic carbocycles. The summed E-state index contributed by atoms with van der Waals surface area (Å²) in [5.74, 6) is -3.35. The van der Waals surface area contributed by atoms with E-state index in [4.69, 9.17) is 5.11 Å². The van der Waals surface area contributed by atoms with E-state index in [-0.39, 0.29) is 0 Å². The van der Waals surface area contributed by atoms with E-state index in [0.717, 1.165) is 54.0 Å². The number of carbonyl (C=O) groups excluding carboxylic acids is 1. The van der Waals surface area contributed by atoms with Crippen molar-refractivity contribution in [1.29, 1.82) is 0 Å². The first-order valence-electron chi connectivity index (χ1n) is 14.5. The minimum atomic E-state index is -4.29. The largest absolute Gasteiger partial charge is 0.480 e. The summed E-state index contributed by atoms with van der Waals surface area (Å²) < 4.78 is 39.9. The fourth-order valence-corrected chi connectivity index (χ4v) is 6.32. The zero-order chi connectivity index (χ0) is 31.4. The minimum Gasteiger partial charge on any atom is -0.480 e. The molecule has 44 heavy (non-hydrogen) atoms. The van der Waals surface area contributed by atoms with Gasteiger partial charge in [-0.1, -0.05) is 74.9 Å². The molecule has 0 unspecified atom stereocenters. The highest BCUT2D eigenvalue weighted by atomic mass is 32.2. The van der Waals surface area contributed by atoms with Crippen molar-refractivity contribution in [2.75, 3.05) is 5.75 Å². The van der Waals surface area contributed by atoms with Gasteiger partial charge in [0, 0.05) is 6.08 Å². The lowest BCUT2D eigenvalue weighted by Gasteiger charge is -2.32. The Labute approximate surface area is 255 Å². The smallest absolute Gasteiger partial charge is 0.320 e. The van der Waals surface area contributed by atoms with Gasteiger partial charge >= 0.3 is 5.97 Å². The summed E-state index contributed by atoms with van der Waals surface area (Å²) >= 11 is 0. The van der Waals surface area contributed by atoms with Crippen LogP contribution in [0.15, 0.2) is 72.8 Å². The second-order valence-corrected chi connectivity index (χ2v) is 13.3. The number of nitrogens with zero attached hydrogens (tertiary/aromatic N) is 1. The number of halogens is 1. The van der Waals surface area contributed by atoms with Crippen molar-refractivity contribution in [2.45, 2.75) is 39.5 Å². The fourth-order valence-electron chi connectivity index (χ4n) is 5.55. The third kappa shape index (κ3) is 7.31. The monoisotopic (exact) mass is 615 g/mol. The van der Waals surface area contributed by atoms with Gasteiger partial charge in [-0.2, -0.15) is 9.49 Å². The molecule has 4 aromatic rings. The number of hydrogen-bond donors (Lipinski definition) is 3. The number of hydrogen-bond acceptors (Lipinski definition) is 5.